The van der Waals surface area contributed by atoms with Crippen LogP contribution in [0.4, 0.5) is 18.0 Å². The number of ether oxygens (including phenoxy) is 1. The molecule has 1 saturated heterocycles. The number of nitrogens with zero attached hydrogens (tertiary/aromatic N) is 2. The summed E-state index contributed by atoms with van der Waals surface area (Å²) in [5.74, 6) is -1.11. The fourth-order valence-corrected chi connectivity index (χ4v) is 3.09. The molecule has 0 saturated carbocycles. The summed E-state index contributed by atoms with van der Waals surface area (Å²) in [4.78, 5) is 28.0. The summed E-state index contributed by atoms with van der Waals surface area (Å²) in [6.07, 6.45) is -2.22. The molecule has 0 atom stereocenters. The minimum atomic E-state index is -4.66. The van der Waals surface area contributed by atoms with Gasteiger partial charge in [0.25, 0.3) is 5.91 Å². The van der Waals surface area contributed by atoms with E-state index in [1.165, 1.54) is 24.3 Å². The molecule has 0 spiro atoms. The largest absolute Gasteiger partial charge is 0.444 e. The summed E-state index contributed by atoms with van der Waals surface area (Å²) in [6, 6.07) is 4.45. The molecule has 0 bridgehead atoms. The number of carbonyl (C=O) groups excluding carboxylic acids is 2. The minimum absolute atomic E-state index is 0.144. The van der Waals surface area contributed by atoms with Gasteiger partial charge in [-0.05, 0) is 45.1 Å². The topological polar surface area (TPSA) is 114 Å². The van der Waals surface area contributed by atoms with Gasteiger partial charge in [0.05, 0.1) is 11.1 Å². The zero-order valence-corrected chi connectivity index (χ0v) is 18.9. The second-order valence-corrected chi connectivity index (χ2v) is 8.60. The highest BCUT2D eigenvalue weighted by Gasteiger charge is 2.34. The summed E-state index contributed by atoms with van der Waals surface area (Å²) in [6.45, 7) is 8.01. The van der Waals surface area contributed by atoms with E-state index in [1.807, 2.05) is 25.7 Å². The van der Waals surface area contributed by atoms with Crippen molar-refractivity contribution in [2.45, 2.75) is 32.5 Å². The van der Waals surface area contributed by atoms with E-state index in [9.17, 15) is 22.8 Å². The lowest BCUT2D eigenvalue weighted by Gasteiger charge is -2.35. The molecule has 2 amide bonds. The molecular formula is C22H30F3N5O3. The lowest BCUT2D eigenvalue weighted by atomic mass is 10.1. The first-order valence-electron chi connectivity index (χ1n) is 10.4. The van der Waals surface area contributed by atoms with Crippen LogP contribution in [0.1, 0.15) is 36.7 Å². The van der Waals surface area contributed by atoms with Crippen LogP contribution in [0.25, 0.3) is 0 Å². The van der Waals surface area contributed by atoms with Gasteiger partial charge >= 0.3 is 12.3 Å². The lowest BCUT2D eigenvalue weighted by Crippen LogP contribution is -2.50. The Morgan fingerprint density at radius 3 is 2.24 bits per heavy atom. The molecule has 1 fully saturated rings. The molecular weight excluding hydrogens is 439 g/mol. The van der Waals surface area contributed by atoms with Crippen LogP contribution >= 0.6 is 0 Å². The number of rotatable bonds is 5. The molecule has 1 aliphatic heterocycles. The Kier molecular flexibility index (Phi) is 8.37. The second kappa shape index (κ2) is 10.6. The van der Waals surface area contributed by atoms with Crippen molar-refractivity contribution in [2.24, 2.45) is 11.5 Å². The summed E-state index contributed by atoms with van der Waals surface area (Å²) in [7, 11) is 0. The van der Waals surface area contributed by atoms with E-state index in [4.69, 9.17) is 16.2 Å². The van der Waals surface area contributed by atoms with Gasteiger partial charge in [-0.25, -0.2) is 4.79 Å². The van der Waals surface area contributed by atoms with Crippen molar-refractivity contribution in [2.75, 3.05) is 32.7 Å². The molecule has 33 heavy (non-hydrogen) atoms. The monoisotopic (exact) mass is 469 g/mol. The number of amides is 2. The standard InChI is InChI=1S/C22H30F3N5O3/c1-21(2,3)33-20(32)30-12-10-29(11-13-30)14-15(26)8-9-18(27)28-19(31)16-6-4-5-7-17(16)22(23,24)25/h4-9H,10-14,26-27H2,1-3H3,(H,28,31)/b15-8-,18-9+. The molecule has 1 aliphatic rings. The van der Waals surface area contributed by atoms with Gasteiger partial charge in [-0.2, -0.15) is 13.2 Å². The minimum Gasteiger partial charge on any atom is -0.444 e. The van der Waals surface area contributed by atoms with E-state index in [0.717, 1.165) is 12.1 Å². The fraction of sp³-hybridized carbons (Fsp3) is 0.455. The first-order valence-corrected chi connectivity index (χ1v) is 10.4. The molecule has 5 N–H and O–H groups in total. The van der Waals surface area contributed by atoms with E-state index in [2.05, 4.69) is 5.32 Å². The maximum atomic E-state index is 13.1. The number of hydrogen-bond donors (Lipinski definition) is 3. The molecule has 1 aromatic rings. The normalized spacial score (nSPS) is 16.5. The van der Waals surface area contributed by atoms with Crippen molar-refractivity contribution in [3.63, 3.8) is 0 Å². The average Bonchev–Trinajstić information content (AvgIpc) is 2.71. The van der Waals surface area contributed by atoms with E-state index >= 15 is 0 Å². The maximum absolute atomic E-state index is 13.1. The van der Waals surface area contributed by atoms with Crippen molar-refractivity contribution in [1.29, 1.82) is 0 Å². The SMILES string of the molecule is CC(C)(C)OC(=O)N1CCN(C/C(N)=C/C=C(\N)NC(=O)c2ccccc2C(F)(F)F)CC1. The van der Waals surface area contributed by atoms with Crippen LogP contribution in [0.15, 0.2) is 47.9 Å². The molecule has 11 heteroatoms. The van der Waals surface area contributed by atoms with Crippen LogP contribution < -0.4 is 16.8 Å². The van der Waals surface area contributed by atoms with Gasteiger partial charge in [0.15, 0.2) is 0 Å². The molecule has 2 rings (SSSR count). The van der Waals surface area contributed by atoms with Gasteiger partial charge in [0.2, 0.25) is 0 Å². The molecule has 0 unspecified atom stereocenters. The Labute approximate surface area is 191 Å². The van der Waals surface area contributed by atoms with Crippen molar-refractivity contribution in [3.05, 3.63) is 59.1 Å². The summed E-state index contributed by atoms with van der Waals surface area (Å²) >= 11 is 0. The highest BCUT2D eigenvalue weighted by atomic mass is 19.4. The van der Waals surface area contributed by atoms with E-state index in [1.54, 1.807) is 4.90 Å². The van der Waals surface area contributed by atoms with Crippen LogP contribution in [0.2, 0.25) is 0 Å². The Bertz CT molecular complexity index is 915. The van der Waals surface area contributed by atoms with Gasteiger partial charge in [0, 0.05) is 38.4 Å². The van der Waals surface area contributed by atoms with Crippen molar-refractivity contribution in [3.8, 4) is 0 Å². The number of alkyl halides is 3. The molecule has 0 aromatic heterocycles. The summed E-state index contributed by atoms with van der Waals surface area (Å²) < 4.78 is 44.6. The van der Waals surface area contributed by atoms with Crippen LogP contribution in [-0.2, 0) is 10.9 Å². The van der Waals surface area contributed by atoms with E-state index in [-0.39, 0.29) is 11.9 Å². The van der Waals surface area contributed by atoms with Crippen molar-refractivity contribution < 1.29 is 27.5 Å². The fourth-order valence-electron chi connectivity index (χ4n) is 3.09. The lowest BCUT2D eigenvalue weighted by molar-refractivity contribution is -0.137. The zero-order valence-electron chi connectivity index (χ0n) is 18.9. The number of piperazine rings is 1. The third-order valence-corrected chi connectivity index (χ3v) is 4.64. The quantitative estimate of drug-likeness (QED) is 0.572. The number of benzene rings is 1. The number of nitrogens with one attached hydrogen (secondary N) is 1. The average molecular weight is 470 g/mol. The van der Waals surface area contributed by atoms with Crippen molar-refractivity contribution in [1.82, 2.24) is 15.1 Å². The third-order valence-electron chi connectivity index (χ3n) is 4.64. The Hall–Kier alpha value is -3.21. The maximum Gasteiger partial charge on any atom is 0.417 e. The Balaban J connectivity index is 1.89. The van der Waals surface area contributed by atoms with E-state index in [0.29, 0.717) is 38.4 Å². The van der Waals surface area contributed by atoms with Crippen LogP contribution in [0, 0.1) is 0 Å². The van der Waals surface area contributed by atoms with Gasteiger partial charge in [0.1, 0.15) is 11.4 Å². The third kappa shape index (κ3) is 8.33. The number of nitrogens with two attached hydrogens (primary N) is 2. The van der Waals surface area contributed by atoms with Gasteiger partial charge in [-0.15, -0.1) is 0 Å². The summed E-state index contributed by atoms with van der Waals surface area (Å²) in [5, 5.41) is 2.23. The smallest absolute Gasteiger partial charge is 0.417 e. The summed E-state index contributed by atoms with van der Waals surface area (Å²) in [5.41, 5.74) is 10.0. The molecule has 1 heterocycles. The van der Waals surface area contributed by atoms with Crippen molar-refractivity contribution >= 4 is 12.0 Å². The van der Waals surface area contributed by atoms with Crippen LogP contribution in [0.5, 0.6) is 0 Å². The molecule has 1 aromatic carbocycles. The number of allylic oxidation sites excluding steroid dienone is 2. The van der Waals surface area contributed by atoms with Crippen LogP contribution in [0.3, 0.4) is 0 Å². The highest BCUT2D eigenvalue weighted by molar-refractivity contribution is 5.96. The predicted molar refractivity (Wildman–Crippen MR) is 118 cm³/mol. The molecule has 8 nitrogen and oxygen atoms in total. The van der Waals surface area contributed by atoms with Gasteiger partial charge in [-0.1, -0.05) is 12.1 Å². The second-order valence-electron chi connectivity index (χ2n) is 8.60. The van der Waals surface area contributed by atoms with Gasteiger partial charge in [-0.3, -0.25) is 9.69 Å². The van der Waals surface area contributed by atoms with Gasteiger partial charge < -0.3 is 26.4 Å². The van der Waals surface area contributed by atoms with E-state index < -0.39 is 28.8 Å². The number of halogens is 3. The number of hydrogen-bond acceptors (Lipinski definition) is 6. The molecule has 0 aliphatic carbocycles. The Morgan fingerprint density at radius 2 is 1.67 bits per heavy atom. The Morgan fingerprint density at radius 1 is 1.06 bits per heavy atom. The molecule has 0 radical (unpaired) electrons. The molecule has 182 valence electrons. The zero-order chi connectivity index (χ0) is 24.8. The first-order chi connectivity index (χ1) is 15.3. The van der Waals surface area contributed by atoms with Crippen LogP contribution in [-0.4, -0.2) is 60.1 Å². The predicted octanol–water partition coefficient (Wildman–Crippen LogP) is 2.63. The number of carbonyl (C=O) groups is 2. The highest BCUT2D eigenvalue weighted by Crippen LogP contribution is 2.31. The first kappa shape index (κ1) is 26.0.